The number of likely N-dealkylation sites (N-methyl/N-ethyl adjacent to an activating group) is 1. The number of benzene rings is 1. The van der Waals surface area contributed by atoms with Gasteiger partial charge in [-0.25, -0.2) is 4.39 Å². The summed E-state index contributed by atoms with van der Waals surface area (Å²) in [5, 5.41) is 3.39. The lowest BCUT2D eigenvalue weighted by Crippen LogP contribution is -2.46. The van der Waals surface area contributed by atoms with Gasteiger partial charge in [0.1, 0.15) is 5.82 Å². The van der Waals surface area contributed by atoms with E-state index in [1.54, 1.807) is 12.1 Å². The second-order valence-corrected chi connectivity index (χ2v) is 4.25. The Morgan fingerprint density at radius 3 is 2.61 bits per heavy atom. The van der Waals surface area contributed by atoms with Gasteiger partial charge in [-0.3, -0.25) is 0 Å². The van der Waals surface area contributed by atoms with Gasteiger partial charge in [0, 0.05) is 36.8 Å². The molecule has 1 aromatic rings. The van der Waals surface area contributed by atoms with E-state index in [0.717, 1.165) is 32.7 Å². The third-order valence-electron chi connectivity index (χ3n) is 3.25. The number of hydrogen-bond donors (Lipinski definition) is 0. The van der Waals surface area contributed by atoms with E-state index < -0.39 is 0 Å². The second kappa shape index (κ2) is 5.71. The molecule has 1 fully saturated rings. The Balaban J connectivity index is 2.12. The normalized spacial score (nSPS) is 16.4. The Bertz CT molecular complexity index is 462. The number of hydrogen-bond acceptors (Lipinski definition) is 3. The molecule has 1 aromatic carbocycles. The molecule has 0 aromatic heterocycles. The molecule has 0 saturated carbocycles. The van der Waals surface area contributed by atoms with Crippen molar-refractivity contribution in [2.45, 2.75) is 6.92 Å². The molecule has 1 aliphatic rings. The number of piperazine rings is 1. The summed E-state index contributed by atoms with van der Waals surface area (Å²) in [6, 6.07) is 4.60. The van der Waals surface area contributed by atoms with Crippen molar-refractivity contribution in [1.82, 2.24) is 4.90 Å². The van der Waals surface area contributed by atoms with E-state index in [9.17, 15) is 4.39 Å². The molecular formula is C12H16FN5. The largest absolute Gasteiger partial charge is 0.367 e. The average Bonchev–Trinajstić information content (AvgIpc) is 2.40. The van der Waals surface area contributed by atoms with Crippen LogP contribution in [0.25, 0.3) is 10.4 Å². The summed E-state index contributed by atoms with van der Waals surface area (Å²) in [5.74, 6) is -0.329. The first-order valence-corrected chi connectivity index (χ1v) is 6.06. The van der Waals surface area contributed by atoms with Crippen LogP contribution in [-0.2, 0) is 0 Å². The van der Waals surface area contributed by atoms with Crippen molar-refractivity contribution in [3.05, 3.63) is 34.5 Å². The fourth-order valence-electron chi connectivity index (χ4n) is 2.17. The monoisotopic (exact) mass is 249 g/mol. The Morgan fingerprint density at radius 2 is 2.06 bits per heavy atom. The van der Waals surface area contributed by atoms with Crippen LogP contribution in [0.1, 0.15) is 6.92 Å². The molecule has 0 radical (unpaired) electrons. The van der Waals surface area contributed by atoms with Gasteiger partial charge in [0.25, 0.3) is 0 Å². The summed E-state index contributed by atoms with van der Waals surface area (Å²) in [4.78, 5) is 7.01. The summed E-state index contributed by atoms with van der Waals surface area (Å²) in [6.45, 7) is 6.72. The molecule has 0 unspecified atom stereocenters. The van der Waals surface area contributed by atoms with E-state index >= 15 is 0 Å². The predicted molar refractivity (Wildman–Crippen MR) is 69.5 cm³/mol. The molecule has 1 heterocycles. The van der Waals surface area contributed by atoms with E-state index in [1.165, 1.54) is 6.07 Å². The summed E-state index contributed by atoms with van der Waals surface area (Å²) in [6.07, 6.45) is 0. The maximum Gasteiger partial charge on any atom is 0.146 e. The lowest BCUT2D eigenvalue weighted by Gasteiger charge is -2.35. The molecule has 5 nitrogen and oxygen atoms in total. The smallest absolute Gasteiger partial charge is 0.146 e. The van der Waals surface area contributed by atoms with Gasteiger partial charge < -0.3 is 9.80 Å². The van der Waals surface area contributed by atoms with Crippen molar-refractivity contribution < 1.29 is 4.39 Å². The molecular weight excluding hydrogens is 233 g/mol. The molecule has 0 N–H and O–H groups in total. The number of azide groups is 1. The third kappa shape index (κ3) is 2.72. The zero-order chi connectivity index (χ0) is 13.0. The molecule has 1 aliphatic heterocycles. The maximum absolute atomic E-state index is 13.9. The highest BCUT2D eigenvalue weighted by molar-refractivity contribution is 5.54. The highest BCUT2D eigenvalue weighted by Crippen LogP contribution is 2.25. The second-order valence-electron chi connectivity index (χ2n) is 4.25. The number of nitrogens with zero attached hydrogens (tertiary/aromatic N) is 5. The van der Waals surface area contributed by atoms with Gasteiger partial charge in [0.2, 0.25) is 0 Å². The highest BCUT2D eigenvalue weighted by atomic mass is 19.1. The lowest BCUT2D eigenvalue weighted by molar-refractivity contribution is 0.270. The average molecular weight is 249 g/mol. The standard InChI is InChI=1S/C12H16FN5/c1-2-17-5-7-18(8-6-17)12-4-3-10(15-16-14)9-11(12)13/h3-4,9H,2,5-8H2,1H3. The summed E-state index contributed by atoms with van der Waals surface area (Å²) in [7, 11) is 0. The molecule has 1 saturated heterocycles. The van der Waals surface area contributed by atoms with Crippen molar-refractivity contribution in [2.24, 2.45) is 5.11 Å². The Hall–Kier alpha value is -1.78. The van der Waals surface area contributed by atoms with Crippen LogP contribution >= 0.6 is 0 Å². The van der Waals surface area contributed by atoms with Crippen LogP contribution in [-0.4, -0.2) is 37.6 Å². The quantitative estimate of drug-likeness (QED) is 0.470. The Labute approximate surface area is 105 Å². The van der Waals surface area contributed by atoms with E-state index in [-0.39, 0.29) is 5.82 Å². The fourth-order valence-corrected chi connectivity index (χ4v) is 2.17. The molecule has 0 bridgehead atoms. The van der Waals surface area contributed by atoms with Crippen LogP contribution in [0.15, 0.2) is 23.3 Å². The molecule has 96 valence electrons. The van der Waals surface area contributed by atoms with Crippen LogP contribution in [0.2, 0.25) is 0 Å². The Kier molecular flexibility index (Phi) is 4.02. The molecule has 0 amide bonds. The molecule has 0 atom stereocenters. The van der Waals surface area contributed by atoms with Gasteiger partial charge in [0.05, 0.1) is 5.69 Å². The maximum atomic E-state index is 13.9. The summed E-state index contributed by atoms with van der Waals surface area (Å²) in [5.41, 5.74) is 9.20. The van der Waals surface area contributed by atoms with Gasteiger partial charge in [-0.05, 0) is 24.2 Å². The third-order valence-corrected chi connectivity index (χ3v) is 3.25. The SMILES string of the molecule is CCN1CCN(c2ccc(N=[N+]=[N-])cc2F)CC1. The van der Waals surface area contributed by atoms with E-state index in [2.05, 4.69) is 21.8 Å². The van der Waals surface area contributed by atoms with Crippen molar-refractivity contribution in [2.75, 3.05) is 37.6 Å². The number of anilines is 1. The zero-order valence-corrected chi connectivity index (χ0v) is 10.4. The Morgan fingerprint density at radius 1 is 1.33 bits per heavy atom. The van der Waals surface area contributed by atoms with E-state index in [4.69, 9.17) is 5.53 Å². The lowest BCUT2D eigenvalue weighted by atomic mass is 10.2. The molecule has 6 heteroatoms. The predicted octanol–water partition coefficient (Wildman–Crippen LogP) is 2.91. The molecule has 0 spiro atoms. The van der Waals surface area contributed by atoms with Crippen LogP contribution in [0.3, 0.4) is 0 Å². The first-order valence-electron chi connectivity index (χ1n) is 6.06. The number of rotatable bonds is 3. The highest BCUT2D eigenvalue weighted by Gasteiger charge is 2.18. The minimum atomic E-state index is -0.329. The van der Waals surface area contributed by atoms with Gasteiger partial charge in [-0.2, -0.15) is 0 Å². The first kappa shape index (κ1) is 12.7. The van der Waals surface area contributed by atoms with Gasteiger partial charge in [-0.1, -0.05) is 18.1 Å². The van der Waals surface area contributed by atoms with Crippen molar-refractivity contribution >= 4 is 11.4 Å². The van der Waals surface area contributed by atoms with Crippen LogP contribution < -0.4 is 4.90 Å². The minimum absolute atomic E-state index is 0.311. The van der Waals surface area contributed by atoms with Gasteiger partial charge in [0.15, 0.2) is 0 Å². The summed E-state index contributed by atoms with van der Waals surface area (Å²) >= 11 is 0. The van der Waals surface area contributed by atoms with Crippen LogP contribution in [0.4, 0.5) is 15.8 Å². The van der Waals surface area contributed by atoms with Gasteiger partial charge in [-0.15, -0.1) is 0 Å². The van der Waals surface area contributed by atoms with Gasteiger partial charge >= 0.3 is 0 Å². The van der Waals surface area contributed by atoms with Crippen molar-refractivity contribution in [3.63, 3.8) is 0 Å². The van der Waals surface area contributed by atoms with Crippen LogP contribution in [0.5, 0.6) is 0 Å². The topological polar surface area (TPSA) is 55.2 Å². The van der Waals surface area contributed by atoms with Crippen LogP contribution in [0, 0.1) is 5.82 Å². The van der Waals surface area contributed by atoms with Crippen molar-refractivity contribution in [3.8, 4) is 0 Å². The molecule has 2 rings (SSSR count). The first-order chi connectivity index (χ1) is 8.74. The van der Waals surface area contributed by atoms with Crippen molar-refractivity contribution in [1.29, 1.82) is 0 Å². The number of halogens is 1. The zero-order valence-electron chi connectivity index (χ0n) is 10.4. The fraction of sp³-hybridized carbons (Fsp3) is 0.500. The summed E-state index contributed by atoms with van der Waals surface area (Å²) < 4.78 is 13.9. The molecule has 18 heavy (non-hydrogen) atoms. The van der Waals surface area contributed by atoms with E-state index in [1.807, 2.05) is 4.90 Å². The minimum Gasteiger partial charge on any atom is -0.367 e. The molecule has 0 aliphatic carbocycles. The van der Waals surface area contributed by atoms with E-state index in [0.29, 0.717) is 11.4 Å².